The molecule has 3 N–H and O–H groups in total. The van der Waals surface area contributed by atoms with Crippen LogP contribution in [0.25, 0.3) is 0 Å². The Labute approximate surface area is 140 Å². The Balaban J connectivity index is 2.07. The number of alkyl halides is 3. The summed E-state index contributed by atoms with van der Waals surface area (Å²) in [6.45, 7) is -0.0200. The minimum absolute atomic E-state index is 0.0200. The minimum atomic E-state index is -4.92. The summed E-state index contributed by atoms with van der Waals surface area (Å²) in [5.41, 5.74) is 5.41. The number of nitrogens with two attached hydrogens (primary N) is 1. The average Bonchev–Trinajstić information content (AvgIpc) is 2.54. The highest BCUT2D eigenvalue weighted by atomic mass is 19.4. The number of carbonyl (C=O) groups is 2. The number of anilines is 1. The molecule has 132 valence electrons. The van der Waals surface area contributed by atoms with Crippen molar-refractivity contribution < 1.29 is 32.2 Å². The standard InChI is InChI=1S/C16H13F3N2O4/c17-16(18,19)25-11-6-7-13(12(8-11)14(20)22)21-15(23)24-9-10-4-2-1-3-5-10/h1-8H,9H2,(H2,20,22)(H,21,23). The molecule has 2 rings (SSSR count). The first-order chi connectivity index (χ1) is 11.7. The molecule has 0 aromatic heterocycles. The van der Waals surface area contributed by atoms with Crippen LogP contribution in [0.2, 0.25) is 0 Å². The Hall–Kier alpha value is -3.23. The average molecular weight is 354 g/mol. The van der Waals surface area contributed by atoms with Crippen LogP contribution in [0.3, 0.4) is 0 Å². The van der Waals surface area contributed by atoms with Gasteiger partial charge in [-0.2, -0.15) is 0 Å². The van der Waals surface area contributed by atoms with Crippen molar-refractivity contribution in [2.75, 3.05) is 5.32 Å². The first-order valence-electron chi connectivity index (χ1n) is 6.92. The Morgan fingerprint density at radius 3 is 2.36 bits per heavy atom. The second-order valence-electron chi connectivity index (χ2n) is 4.81. The van der Waals surface area contributed by atoms with Crippen molar-refractivity contribution in [3.63, 3.8) is 0 Å². The van der Waals surface area contributed by atoms with Gasteiger partial charge in [-0.05, 0) is 23.8 Å². The first-order valence-corrected chi connectivity index (χ1v) is 6.92. The van der Waals surface area contributed by atoms with E-state index < -0.39 is 24.1 Å². The van der Waals surface area contributed by atoms with E-state index in [0.29, 0.717) is 0 Å². The monoisotopic (exact) mass is 354 g/mol. The summed E-state index contributed by atoms with van der Waals surface area (Å²) in [6.07, 6.45) is -5.81. The van der Waals surface area contributed by atoms with Gasteiger partial charge in [0.15, 0.2) is 0 Å². The third kappa shape index (κ3) is 5.72. The Morgan fingerprint density at radius 2 is 1.76 bits per heavy atom. The van der Waals surface area contributed by atoms with Gasteiger partial charge in [-0.25, -0.2) is 4.79 Å². The van der Waals surface area contributed by atoms with E-state index in [-0.39, 0.29) is 17.9 Å². The molecule has 25 heavy (non-hydrogen) atoms. The summed E-state index contributed by atoms with van der Waals surface area (Å²) < 4.78 is 45.3. The van der Waals surface area contributed by atoms with Crippen molar-refractivity contribution in [3.05, 3.63) is 59.7 Å². The lowest BCUT2D eigenvalue weighted by Crippen LogP contribution is -2.20. The van der Waals surface area contributed by atoms with Crippen molar-refractivity contribution in [1.82, 2.24) is 0 Å². The number of halogens is 3. The van der Waals surface area contributed by atoms with E-state index in [9.17, 15) is 22.8 Å². The second-order valence-corrected chi connectivity index (χ2v) is 4.81. The van der Waals surface area contributed by atoms with Gasteiger partial charge in [-0.1, -0.05) is 30.3 Å². The van der Waals surface area contributed by atoms with Gasteiger partial charge in [-0.15, -0.1) is 13.2 Å². The first kappa shape index (κ1) is 18.1. The quantitative estimate of drug-likeness (QED) is 0.861. The second kappa shape index (κ2) is 7.56. The lowest BCUT2D eigenvalue weighted by molar-refractivity contribution is -0.274. The van der Waals surface area contributed by atoms with Crippen molar-refractivity contribution in [2.45, 2.75) is 13.0 Å². The summed E-state index contributed by atoms with van der Waals surface area (Å²) in [7, 11) is 0. The molecular formula is C16H13F3N2O4. The fourth-order valence-electron chi connectivity index (χ4n) is 1.90. The number of nitrogens with one attached hydrogen (secondary N) is 1. The van der Waals surface area contributed by atoms with Crippen LogP contribution >= 0.6 is 0 Å². The van der Waals surface area contributed by atoms with Crippen LogP contribution in [0.1, 0.15) is 15.9 Å². The summed E-state index contributed by atoms with van der Waals surface area (Å²) in [5, 5.41) is 2.25. The van der Waals surface area contributed by atoms with Crippen molar-refractivity contribution in [3.8, 4) is 5.75 Å². The molecule has 0 aliphatic rings. The smallest absolute Gasteiger partial charge is 0.444 e. The number of benzene rings is 2. The molecule has 0 atom stereocenters. The van der Waals surface area contributed by atoms with Gasteiger partial charge < -0.3 is 15.2 Å². The maximum Gasteiger partial charge on any atom is 0.573 e. The zero-order chi connectivity index (χ0) is 18.4. The molecule has 0 fully saturated rings. The van der Waals surface area contributed by atoms with E-state index in [0.717, 1.165) is 23.8 Å². The van der Waals surface area contributed by atoms with E-state index >= 15 is 0 Å². The number of hydrogen-bond donors (Lipinski definition) is 2. The summed E-state index contributed by atoms with van der Waals surface area (Å²) in [5.74, 6) is -1.67. The Bertz CT molecular complexity index is 764. The van der Waals surface area contributed by atoms with Crippen LogP contribution in [0.4, 0.5) is 23.7 Å². The molecule has 0 aliphatic heterocycles. The zero-order valence-electron chi connectivity index (χ0n) is 12.7. The molecule has 9 heteroatoms. The van der Waals surface area contributed by atoms with Gasteiger partial charge in [0.2, 0.25) is 0 Å². The van der Waals surface area contributed by atoms with E-state index in [1.807, 2.05) is 0 Å². The summed E-state index contributed by atoms with van der Waals surface area (Å²) in [4.78, 5) is 23.2. The van der Waals surface area contributed by atoms with Crippen molar-refractivity contribution in [1.29, 1.82) is 0 Å². The zero-order valence-corrected chi connectivity index (χ0v) is 12.7. The minimum Gasteiger partial charge on any atom is -0.444 e. The maximum absolute atomic E-state index is 12.2. The van der Waals surface area contributed by atoms with Crippen molar-refractivity contribution in [2.24, 2.45) is 5.73 Å². The highest BCUT2D eigenvalue weighted by Gasteiger charge is 2.31. The maximum atomic E-state index is 12.2. The molecule has 0 spiro atoms. The van der Waals surface area contributed by atoms with Crippen LogP contribution in [0.15, 0.2) is 48.5 Å². The molecule has 2 amide bonds. The number of hydrogen-bond acceptors (Lipinski definition) is 4. The fourth-order valence-corrected chi connectivity index (χ4v) is 1.90. The summed E-state index contributed by atoms with van der Waals surface area (Å²) in [6, 6.07) is 11.6. The normalized spacial score (nSPS) is 10.8. The fraction of sp³-hybridized carbons (Fsp3) is 0.125. The van der Waals surface area contributed by atoms with Crippen LogP contribution in [0.5, 0.6) is 5.75 Å². The van der Waals surface area contributed by atoms with Gasteiger partial charge >= 0.3 is 12.5 Å². The van der Waals surface area contributed by atoms with E-state index in [1.165, 1.54) is 0 Å². The third-order valence-corrected chi connectivity index (χ3v) is 2.94. The third-order valence-electron chi connectivity index (χ3n) is 2.94. The SMILES string of the molecule is NC(=O)c1cc(OC(F)(F)F)ccc1NC(=O)OCc1ccccc1. The largest absolute Gasteiger partial charge is 0.573 e. The van der Waals surface area contributed by atoms with Crippen LogP contribution in [-0.4, -0.2) is 18.4 Å². The summed E-state index contributed by atoms with van der Waals surface area (Å²) >= 11 is 0. The topological polar surface area (TPSA) is 90.7 Å². The van der Waals surface area contributed by atoms with Crippen molar-refractivity contribution >= 4 is 17.7 Å². The van der Waals surface area contributed by atoms with E-state index in [1.54, 1.807) is 30.3 Å². The molecule has 0 saturated carbocycles. The number of primary amides is 1. The molecule has 0 heterocycles. The molecular weight excluding hydrogens is 341 g/mol. The number of ether oxygens (including phenoxy) is 2. The highest BCUT2D eigenvalue weighted by molar-refractivity contribution is 6.02. The predicted molar refractivity (Wildman–Crippen MR) is 81.9 cm³/mol. The van der Waals surface area contributed by atoms with Crippen LogP contribution in [-0.2, 0) is 11.3 Å². The number of amides is 2. The molecule has 0 radical (unpaired) electrons. The number of rotatable bonds is 5. The molecule has 6 nitrogen and oxygen atoms in total. The molecule has 2 aromatic carbocycles. The van der Waals surface area contributed by atoms with Gasteiger partial charge in [-0.3, -0.25) is 10.1 Å². The Morgan fingerprint density at radius 1 is 1.08 bits per heavy atom. The van der Waals surface area contributed by atoms with Gasteiger partial charge in [0, 0.05) is 0 Å². The number of carbonyl (C=O) groups excluding carboxylic acids is 2. The predicted octanol–water partition coefficient (Wildman–Crippen LogP) is 3.43. The molecule has 0 saturated heterocycles. The molecule has 0 bridgehead atoms. The lowest BCUT2D eigenvalue weighted by atomic mass is 10.1. The molecule has 0 unspecified atom stereocenters. The molecule has 0 aliphatic carbocycles. The lowest BCUT2D eigenvalue weighted by Gasteiger charge is -2.13. The van der Waals surface area contributed by atoms with Crippen LogP contribution in [0, 0.1) is 0 Å². The Kier molecular flexibility index (Phi) is 5.48. The van der Waals surface area contributed by atoms with E-state index in [2.05, 4.69) is 10.1 Å². The van der Waals surface area contributed by atoms with Gasteiger partial charge in [0.05, 0.1) is 11.3 Å². The van der Waals surface area contributed by atoms with Crippen LogP contribution < -0.4 is 15.8 Å². The van der Waals surface area contributed by atoms with E-state index in [4.69, 9.17) is 10.5 Å². The van der Waals surface area contributed by atoms with Gasteiger partial charge in [0.1, 0.15) is 12.4 Å². The van der Waals surface area contributed by atoms with Gasteiger partial charge in [0.25, 0.3) is 5.91 Å². The highest BCUT2D eigenvalue weighted by Crippen LogP contribution is 2.27. The molecule has 2 aromatic rings.